The van der Waals surface area contributed by atoms with E-state index in [9.17, 15) is 18.0 Å². The van der Waals surface area contributed by atoms with Crippen molar-refractivity contribution in [1.29, 1.82) is 0 Å². The van der Waals surface area contributed by atoms with Crippen LogP contribution < -0.4 is 0 Å². The molecule has 0 aromatic carbocycles. The highest BCUT2D eigenvalue weighted by Crippen LogP contribution is 2.29. The Kier molecular flexibility index (Phi) is 7.45. The van der Waals surface area contributed by atoms with Crippen molar-refractivity contribution in [2.45, 2.75) is 51.7 Å². The van der Waals surface area contributed by atoms with Crippen molar-refractivity contribution in [3.63, 3.8) is 0 Å². The largest absolute Gasteiger partial charge is 0.417 e. The summed E-state index contributed by atoms with van der Waals surface area (Å²) in [7, 11) is 0. The fourth-order valence-electron chi connectivity index (χ4n) is 5.22. The van der Waals surface area contributed by atoms with Gasteiger partial charge in [0.15, 0.2) is 11.6 Å². The van der Waals surface area contributed by atoms with E-state index < -0.39 is 11.7 Å². The molecule has 38 heavy (non-hydrogen) atoms. The highest BCUT2D eigenvalue weighted by molar-refractivity contribution is 5.98. The number of halogens is 3. The van der Waals surface area contributed by atoms with Gasteiger partial charge in [0.05, 0.1) is 28.7 Å². The molecule has 0 amide bonds. The summed E-state index contributed by atoms with van der Waals surface area (Å²) in [4.78, 5) is 24.2. The van der Waals surface area contributed by atoms with E-state index in [1.807, 2.05) is 13.0 Å². The highest BCUT2D eigenvalue weighted by Gasteiger charge is 2.31. The van der Waals surface area contributed by atoms with Crippen LogP contribution in [0.4, 0.5) is 13.2 Å². The number of alkyl halides is 3. The van der Waals surface area contributed by atoms with Gasteiger partial charge in [-0.1, -0.05) is 12.1 Å². The molecule has 0 saturated carbocycles. The maximum absolute atomic E-state index is 13.1. The zero-order valence-corrected chi connectivity index (χ0v) is 21.5. The number of ether oxygens (including phenoxy) is 1. The molecule has 5 heterocycles. The first-order valence-corrected chi connectivity index (χ1v) is 12.8. The molecule has 0 atom stereocenters. The third kappa shape index (κ3) is 5.56. The molecule has 3 aromatic rings. The van der Waals surface area contributed by atoms with Crippen LogP contribution in [-0.2, 0) is 17.3 Å². The molecule has 0 aliphatic carbocycles. The minimum absolute atomic E-state index is 0.140. The van der Waals surface area contributed by atoms with Crippen molar-refractivity contribution in [2.75, 3.05) is 26.3 Å². The number of nitrogens with zero attached hydrogens (tertiary/aromatic N) is 5. The molecule has 0 radical (unpaired) electrons. The number of aromatic nitrogens is 4. The van der Waals surface area contributed by atoms with Crippen LogP contribution in [0.25, 0.3) is 11.4 Å². The Morgan fingerprint density at radius 2 is 1.89 bits per heavy atom. The zero-order chi connectivity index (χ0) is 26.9. The van der Waals surface area contributed by atoms with Crippen LogP contribution in [0.5, 0.6) is 0 Å². The normalized spacial score (nSPS) is 17.4. The number of hydrogen-bond donors (Lipinski definition) is 0. The Morgan fingerprint density at radius 3 is 2.53 bits per heavy atom. The molecule has 1 saturated heterocycles. The van der Waals surface area contributed by atoms with Crippen molar-refractivity contribution in [2.24, 2.45) is 0 Å². The van der Waals surface area contributed by atoms with Crippen LogP contribution in [-0.4, -0.2) is 62.8 Å². The Balaban J connectivity index is 1.25. The van der Waals surface area contributed by atoms with Gasteiger partial charge >= 0.3 is 6.18 Å². The van der Waals surface area contributed by atoms with Gasteiger partial charge in [-0.05, 0) is 61.9 Å². The zero-order valence-electron chi connectivity index (χ0n) is 21.5. The van der Waals surface area contributed by atoms with E-state index in [2.05, 4.69) is 21.1 Å². The van der Waals surface area contributed by atoms with Gasteiger partial charge in [0.25, 0.3) is 0 Å². The summed E-state index contributed by atoms with van der Waals surface area (Å²) in [6, 6.07) is 4.78. The molecule has 200 valence electrons. The van der Waals surface area contributed by atoms with Gasteiger partial charge in [-0.25, -0.2) is 9.67 Å². The topological polar surface area (TPSA) is 73.1 Å². The van der Waals surface area contributed by atoms with E-state index in [0.29, 0.717) is 17.3 Å². The average Bonchev–Trinajstić information content (AvgIpc) is 3.30. The lowest BCUT2D eigenvalue weighted by Gasteiger charge is -2.36. The number of carbonyl (C=O) groups is 1. The summed E-state index contributed by atoms with van der Waals surface area (Å²) < 4.78 is 45.4. The van der Waals surface area contributed by atoms with Gasteiger partial charge in [0.2, 0.25) is 0 Å². The minimum Gasteiger partial charge on any atom is -0.381 e. The standard InChI is InChI=1S/C28H30F3N5O2/c1-18-13-20(15-33-27(18)21-5-9-35(10-6-21)23-7-11-38-12-8-23)14-25(37)24-17-34-36(19(24)2)26-4-3-22(16-32-26)28(29,30)31/h3-5,13,15-17,23H,6-12,14H2,1-2H3. The number of carbonyl (C=O) groups excluding carboxylic acids is 1. The van der Waals surface area contributed by atoms with Crippen LogP contribution in [0.15, 0.2) is 42.9 Å². The number of pyridine rings is 2. The fraction of sp³-hybridized carbons (Fsp3) is 0.429. The van der Waals surface area contributed by atoms with Gasteiger partial charge in [0.1, 0.15) is 0 Å². The molecule has 0 unspecified atom stereocenters. The molecule has 10 heteroatoms. The van der Waals surface area contributed by atoms with Crippen molar-refractivity contribution in [3.8, 4) is 5.82 Å². The molecule has 0 N–H and O–H groups in total. The van der Waals surface area contributed by atoms with E-state index in [-0.39, 0.29) is 18.0 Å². The highest BCUT2D eigenvalue weighted by atomic mass is 19.4. The molecule has 2 aliphatic heterocycles. The number of ketones is 1. The number of Topliss-reactive ketones (excluding diaryl/α,β-unsaturated/α-hetero) is 1. The Morgan fingerprint density at radius 1 is 1.11 bits per heavy atom. The second-order valence-electron chi connectivity index (χ2n) is 9.89. The lowest BCUT2D eigenvalue weighted by Crippen LogP contribution is -2.41. The molecule has 0 bridgehead atoms. The maximum Gasteiger partial charge on any atom is 0.417 e. The van der Waals surface area contributed by atoms with Crippen molar-refractivity contribution >= 4 is 11.4 Å². The first-order chi connectivity index (χ1) is 18.2. The van der Waals surface area contributed by atoms with Crippen LogP contribution >= 0.6 is 0 Å². The lowest BCUT2D eigenvalue weighted by molar-refractivity contribution is -0.137. The molecule has 7 nitrogen and oxygen atoms in total. The molecule has 5 rings (SSSR count). The maximum atomic E-state index is 13.1. The summed E-state index contributed by atoms with van der Waals surface area (Å²) >= 11 is 0. The Labute approximate surface area is 219 Å². The summed E-state index contributed by atoms with van der Waals surface area (Å²) in [5, 5.41) is 4.19. The summed E-state index contributed by atoms with van der Waals surface area (Å²) in [5.41, 5.74) is 4.13. The van der Waals surface area contributed by atoms with Gasteiger partial charge in [-0.2, -0.15) is 18.3 Å². The lowest BCUT2D eigenvalue weighted by atomic mass is 9.96. The summed E-state index contributed by atoms with van der Waals surface area (Å²) in [6.45, 7) is 7.32. The average molecular weight is 526 g/mol. The Hall–Kier alpha value is -3.37. The minimum atomic E-state index is -4.47. The molecule has 0 spiro atoms. The van der Waals surface area contributed by atoms with E-state index >= 15 is 0 Å². The van der Waals surface area contributed by atoms with Gasteiger partial charge < -0.3 is 4.74 Å². The third-order valence-electron chi connectivity index (χ3n) is 7.35. The van der Waals surface area contributed by atoms with E-state index in [4.69, 9.17) is 9.72 Å². The SMILES string of the molecule is Cc1cc(CC(=O)c2cnn(-c3ccc(C(F)(F)F)cn3)c2C)cnc1C1=CCN(C2CCOCC2)CC1. The molecular weight excluding hydrogens is 495 g/mol. The number of hydrogen-bond acceptors (Lipinski definition) is 6. The monoisotopic (exact) mass is 525 g/mol. The second kappa shape index (κ2) is 10.8. The smallest absolute Gasteiger partial charge is 0.381 e. The third-order valence-corrected chi connectivity index (χ3v) is 7.35. The molecule has 3 aromatic heterocycles. The quantitative estimate of drug-likeness (QED) is 0.422. The summed E-state index contributed by atoms with van der Waals surface area (Å²) in [5.74, 6) is 0.0751. The first-order valence-electron chi connectivity index (χ1n) is 12.8. The molecule has 2 aliphatic rings. The predicted octanol–water partition coefficient (Wildman–Crippen LogP) is 4.99. The van der Waals surface area contributed by atoms with Gasteiger partial charge in [-0.15, -0.1) is 0 Å². The van der Waals surface area contributed by atoms with Crippen LogP contribution in [0.2, 0.25) is 0 Å². The molecular formula is C28H30F3N5O2. The van der Waals surface area contributed by atoms with Crippen molar-refractivity contribution in [3.05, 3.63) is 76.5 Å². The second-order valence-corrected chi connectivity index (χ2v) is 9.89. The number of rotatable bonds is 6. The Bertz CT molecular complexity index is 1340. The van der Waals surface area contributed by atoms with E-state index in [1.54, 1.807) is 13.1 Å². The van der Waals surface area contributed by atoms with Crippen molar-refractivity contribution < 1.29 is 22.7 Å². The van der Waals surface area contributed by atoms with E-state index in [1.165, 1.54) is 22.5 Å². The fourth-order valence-corrected chi connectivity index (χ4v) is 5.22. The first kappa shape index (κ1) is 26.2. The molecule has 1 fully saturated rings. The van der Waals surface area contributed by atoms with E-state index in [0.717, 1.165) is 74.6 Å². The predicted molar refractivity (Wildman–Crippen MR) is 136 cm³/mol. The van der Waals surface area contributed by atoms with Gasteiger partial charge in [-0.3, -0.25) is 14.7 Å². The number of aryl methyl sites for hydroxylation is 1. The van der Waals surface area contributed by atoms with Crippen LogP contribution in [0, 0.1) is 13.8 Å². The summed E-state index contributed by atoms with van der Waals surface area (Å²) in [6.07, 6.45) is 5.02. The van der Waals surface area contributed by atoms with Gasteiger partial charge in [0, 0.05) is 51.2 Å². The van der Waals surface area contributed by atoms with Crippen LogP contribution in [0.3, 0.4) is 0 Å². The van der Waals surface area contributed by atoms with Crippen molar-refractivity contribution in [1.82, 2.24) is 24.6 Å². The van der Waals surface area contributed by atoms with Crippen LogP contribution in [0.1, 0.15) is 57.7 Å².